The predicted molar refractivity (Wildman–Crippen MR) is 347 cm³/mol. The Hall–Kier alpha value is -7.38. The van der Waals surface area contributed by atoms with Gasteiger partial charge in [0, 0.05) is 69.1 Å². The molecule has 16 heteroatoms. The van der Waals surface area contributed by atoms with Crippen molar-refractivity contribution >= 4 is 45.4 Å². The van der Waals surface area contributed by atoms with Crippen LogP contribution in [0.5, 0.6) is 11.5 Å². The first-order chi connectivity index (χ1) is 41.6. The van der Waals surface area contributed by atoms with E-state index in [0.717, 1.165) is 231 Å². The zero-order chi connectivity index (χ0) is 57.6. The Morgan fingerprint density at radius 2 is 0.702 bits per heavy atom. The molecule has 2 aliphatic rings. The summed E-state index contributed by atoms with van der Waals surface area (Å²) >= 11 is 0. The summed E-state index contributed by atoms with van der Waals surface area (Å²) in [6.45, 7) is 14.9. The van der Waals surface area contributed by atoms with Gasteiger partial charge in [-0.05, 0) is 275 Å². The number of nitrogens with zero attached hydrogens (tertiary/aromatic N) is 4. The molecule has 7 aromatic rings. The largest absolute Gasteiger partial charge is 0.494 e. The van der Waals surface area contributed by atoms with Crippen LogP contribution < -0.4 is 52.8 Å². The number of aromatic nitrogens is 6. The lowest BCUT2D eigenvalue weighted by Gasteiger charge is -2.09. The summed E-state index contributed by atoms with van der Waals surface area (Å²) in [7, 11) is 0. The Morgan fingerprint density at radius 1 is 0.357 bits per heavy atom. The average molecular weight is 1130 g/mol. The van der Waals surface area contributed by atoms with Gasteiger partial charge in [-0.3, -0.25) is 9.97 Å². The average Bonchev–Trinajstić information content (AvgIpc) is 3.28. The number of aromatic amines is 2. The number of pyridine rings is 2. The van der Waals surface area contributed by atoms with Crippen LogP contribution >= 0.6 is 0 Å². The maximum absolute atomic E-state index is 6.23. The number of hydrogen-bond donors (Lipinski definition) is 10. The van der Waals surface area contributed by atoms with Gasteiger partial charge in [-0.25, -0.2) is 9.97 Å². The van der Waals surface area contributed by atoms with Crippen molar-refractivity contribution < 1.29 is 9.47 Å². The molecule has 2 aliphatic heterocycles. The van der Waals surface area contributed by atoms with Gasteiger partial charge < -0.3 is 62.8 Å². The first kappa shape index (κ1) is 61.2. The second kappa shape index (κ2) is 34.4. The van der Waals surface area contributed by atoms with Crippen LogP contribution in [0, 0.1) is 0 Å². The minimum absolute atomic E-state index is 0.640. The highest BCUT2D eigenvalue weighted by atomic mass is 16.5. The minimum Gasteiger partial charge on any atom is -0.494 e. The van der Waals surface area contributed by atoms with Crippen LogP contribution in [0.3, 0.4) is 0 Å². The molecule has 16 nitrogen and oxygen atoms in total. The van der Waals surface area contributed by atoms with Gasteiger partial charge in [0.2, 0.25) is 0 Å². The summed E-state index contributed by atoms with van der Waals surface area (Å²) in [5.41, 5.74) is 26.4. The predicted octanol–water partition coefficient (Wildman–Crippen LogP) is 9.73. The fraction of sp³-hybridized carbons (Fsp3) is 0.382. The Morgan fingerprint density at radius 3 is 1.07 bits per heavy atom. The van der Waals surface area contributed by atoms with E-state index in [1.54, 1.807) is 0 Å². The van der Waals surface area contributed by atoms with Crippen LogP contribution in [0.15, 0.2) is 134 Å². The summed E-state index contributed by atoms with van der Waals surface area (Å²) in [5.74, 6) is 1.69. The van der Waals surface area contributed by atoms with Gasteiger partial charge in [-0.2, -0.15) is 0 Å². The van der Waals surface area contributed by atoms with Crippen molar-refractivity contribution in [1.82, 2.24) is 61.8 Å². The SMILES string of the molecule is NCCCNCCCCNCCCNCCCOc1ccc(C2=Cc3cc4[nH]c(cc5nc(cc6[nH]c(cc2n3)cc6-c2ccncc2)C=C5c2ccc(OCCCNCCCNCCCCNCCCN)cc2)cc4-c2ccncc2)cc1. The molecule has 12 N–H and O–H groups in total. The minimum atomic E-state index is 0.640. The number of nitrogens with two attached hydrogens (primary N) is 2. The first-order valence-corrected chi connectivity index (χ1v) is 30.7. The molecule has 8 bridgehead atoms. The number of benzene rings is 2. The van der Waals surface area contributed by atoms with Crippen LogP contribution in [0.25, 0.3) is 67.6 Å². The Balaban J connectivity index is 0.876. The molecule has 0 radical (unpaired) electrons. The van der Waals surface area contributed by atoms with E-state index < -0.39 is 0 Å². The number of hydrogen-bond acceptors (Lipinski definition) is 14. The third kappa shape index (κ3) is 19.3. The lowest BCUT2D eigenvalue weighted by Crippen LogP contribution is -2.25. The van der Waals surface area contributed by atoms with Crippen molar-refractivity contribution in [1.29, 1.82) is 0 Å². The van der Waals surface area contributed by atoms with Crippen molar-refractivity contribution in [2.45, 2.75) is 64.2 Å². The highest BCUT2D eigenvalue weighted by Gasteiger charge is 2.18. The Bertz CT molecular complexity index is 3070. The normalized spacial score (nSPS) is 12.2. The van der Waals surface area contributed by atoms with E-state index in [0.29, 0.717) is 13.2 Å². The number of rotatable bonds is 38. The Labute approximate surface area is 496 Å². The van der Waals surface area contributed by atoms with E-state index >= 15 is 0 Å². The first-order valence-electron chi connectivity index (χ1n) is 30.7. The highest BCUT2D eigenvalue weighted by Crippen LogP contribution is 2.36. The topological polar surface area (TPSA) is 226 Å². The lowest BCUT2D eigenvalue weighted by atomic mass is 10.0. The maximum Gasteiger partial charge on any atom is 0.119 e. The zero-order valence-corrected chi connectivity index (χ0v) is 49.0. The van der Waals surface area contributed by atoms with Gasteiger partial charge in [-0.1, -0.05) is 24.3 Å². The molecular formula is C68H88N14O2. The Kier molecular flexibility index (Phi) is 25.1. The molecule has 0 atom stereocenters. The van der Waals surface area contributed by atoms with Crippen molar-refractivity contribution in [3.05, 3.63) is 168 Å². The number of nitrogens with one attached hydrogen (secondary N) is 8. The molecule has 7 heterocycles. The summed E-state index contributed by atoms with van der Waals surface area (Å²) in [6, 6.07) is 37.9. The zero-order valence-electron chi connectivity index (χ0n) is 49.0. The summed E-state index contributed by atoms with van der Waals surface area (Å²) in [6.07, 6.45) is 22.6. The van der Waals surface area contributed by atoms with Gasteiger partial charge in [-0.15, -0.1) is 0 Å². The number of ether oxygens (including phenoxy) is 2. The molecular weight excluding hydrogens is 1040 g/mol. The molecule has 0 fully saturated rings. The van der Waals surface area contributed by atoms with Crippen LogP contribution in [0.1, 0.15) is 98.1 Å². The van der Waals surface area contributed by atoms with Crippen LogP contribution in [-0.2, 0) is 0 Å². The van der Waals surface area contributed by atoms with E-state index in [9.17, 15) is 0 Å². The molecule has 442 valence electrons. The monoisotopic (exact) mass is 1130 g/mol. The van der Waals surface area contributed by atoms with Gasteiger partial charge in [0.25, 0.3) is 0 Å². The van der Waals surface area contributed by atoms with E-state index in [4.69, 9.17) is 30.9 Å². The molecule has 0 spiro atoms. The van der Waals surface area contributed by atoms with Gasteiger partial charge in [0.05, 0.1) is 36.0 Å². The van der Waals surface area contributed by atoms with Crippen molar-refractivity contribution in [3.63, 3.8) is 0 Å². The van der Waals surface area contributed by atoms with Crippen molar-refractivity contribution in [2.75, 3.05) is 105 Å². The molecule has 0 saturated heterocycles. The summed E-state index contributed by atoms with van der Waals surface area (Å²) in [4.78, 5) is 26.9. The molecule has 84 heavy (non-hydrogen) atoms. The number of H-pyrrole nitrogens is 2. The molecule has 2 aromatic carbocycles. The van der Waals surface area contributed by atoms with E-state index in [2.05, 4.69) is 149 Å². The quantitative estimate of drug-likeness (QED) is 0.0163. The van der Waals surface area contributed by atoms with Crippen LogP contribution in [0.4, 0.5) is 0 Å². The van der Waals surface area contributed by atoms with Gasteiger partial charge >= 0.3 is 0 Å². The van der Waals surface area contributed by atoms with Gasteiger partial charge in [0.15, 0.2) is 0 Å². The van der Waals surface area contributed by atoms with Crippen LogP contribution in [0.2, 0.25) is 0 Å². The third-order valence-corrected chi connectivity index (χ3v) is 14.8. The van der Waals surface area contributed by atoms with Crippen LogP contribution in [-0.4, -0.2) is 135 Å². The fourth-order valence-electron chi connectivity index (χ4n) is 10.4. The molecule has 9 rings (SSSR count). The lowest BCUT2D eigenvalue weighted by molar-refractivity contribution is 0.308. The second-order valence-electron chi connectivity index (χ2n) is 21.5. The molecule has 0 unspecified atom stereocenters. The smallest absolute Gasteiger partial charge is 0.119 e. The molecule has 0 aliphatic carbocycles. The summed E-state index contributed by atoms with van der Waals surface area (Å²) < 4.78 is 12.5. The molecule has 5 aromatic heterocycles. The number of unbranched alkanes of at least 4 members (excludes halogenated alkanes) is 2. The fourth-order valence-corrected chi connectivity index (χ4v) is 10.4. The third-order valence-electron chi connectivity index (χ3n) is 14.8. The van der Waals surface area contributed by atoms with E-state index in [1.165, 1.54) is 25.7 Å². The van der Waals surface area contributed by atoms with E-state index in [1.807, 2.05) is 49.1 Å². The maximum atomic E-state index is 6.23. The standard InChI is InChI=1S/C68H88N14O2/c69-23-5-29-71-25-1-3-27-73-31-7-33-75-35-9-41-83-59-15-11-51(12-16-59)61-43-55-49-67-64(54-21-39-78-40-22-54)46-58(82-67)48-66-62(44-56(80-66)50-68-63(53-19-37-77-38-20-53)45-57(81-68)47-65(61)79-55)52-13-17-60(18-14-52)84-42-10-36-76-34-8-32-74-28-4-2-26-72-30-6-24-70/h11-22,37-40,43-50,71-76,81-82H,1-10,23-36,41-42,69-70H2. The highest BCUT2D eigenvalue weighted by molar-refractivity contribution is 5.97. The molecule has 0 amide bonds. The van der Waals surface area contributed by atoms with Gasteiger partial charge in [0.1, 0.15) is 11.5 Å². The number of fused-ring (bicyclic) bond motifs is 8. The second-order valence-corrected chi connectivity index (χ2v) is 21.5. The summed E-state index contributed by atoms with van der Waals surface area (Å²) in [5, 5.41) is 21.2. The molecule has 0 saturated carbocycles. The van der Waals surface area contributed by atoms with Crippen molar-refractivity contribution in [2.24, 2.45) is 11.5 Å². The van der Waals surface area contributed by atoms with Crippen molar-refractivity contribution in [3.8, 4) is 33.8 Å². The van der Waals surface area contributed by atoms with E-state index in [-0.39, 0.29) is 0 Å².